The van der Waals surface area contributed by atoms with Gasteiger partial charge in [-0.1, -0.05) is 29.8 Å². The number of nitrogens with two attached hydrogens (primary N) is 1. The summed E-state index contributed by atoms with van der Waals surface area (Å²) in [6.07, 6.45) is 0. The molecule has 3 aromatic rings. The van der Waals surface area contributed by atoms with Crippen molar-refractivity contribution in [3.8, 4) is 11.5 Å². The van der Waals surface area contributed by atoms with Gasteiger partial charge in [0.25, 0.3) is 0 Å². The highest BCUT2D eigenvalue weighted by Gasteiger charge is 2.08. The van der Waals surface area contributed by atoms with Crippen LogP contribution in [0.2, 0.25) is 0 Å². The maximum Gasteiger partial charge on any atom is 0.138 e. The first-order chi connectivity index (χ1) is 10.2. The normalized spacial score (nSPS) is 10.8. The molecule has 0 aliphatic carbocycles. The Morgan fingerprint density at radius 2 is 1.81 bits per heavy atom. The van der Waals surface area contributed by atoms with Crippen molar-refractivity contribution in [2.24, 2.45) is 5.73 Å². The SMILES string of the molecule is Cc1ccc(Oc2cc(CN)nc3ccccc23)c(C)c1. The first-order valence-electron chi connectivity index (χ1n) is 7.01. The van der Waals surface area contributed by atoms with Crippen LogP contribution in [0.15, 0.2) is 48.5 Å². The van der Waals surface area contributed by atoms with E-state index in [4.69, 9.17) is 10.5 Å². The fourth-order valence-corrected chi connectivity index (χ4v) is 2.42. The van der Waals surface area contributed by atoms with E-state index in [1.54, 1.807) is 0 Å². The molecule has 3 heteroatoms. The second-order valence-electron chi connectivity index (χ2n) is 5.20. The number of para-hydroxylation sites is 1. The maximum absolute atomic E-state index is 6.12. The zero-order valence-electron chi connectivity index (χ0n) is 12.3. The molecular formula is C18H18N2O. The minimum absolute atomic E-state index is 0.397. The Kier molecular flexibility index (Phi) is 3.59. The van der Waals surface area contributed by atoms with Gasteiger partial charge in [0.2, 0.25) is 0 Å². The van der Waals surface area contributed by atoms with E-state index in [-0.39, 0.29) is 0 Å². The van der Waals surface area contributed by atoms with Gasteiger partial charge in [0, 0.05) is 18.0 Å². The number of fused-ring (bicyclic) bond motifs is 1. The second kappa shape index (κ2) is 5.54. The molecule has 1 heterocycles. The third kappa shape index (κ3) is 2.73. The summed E-state index contributed by atoms with van der Waals surface area (Å²) < 4.78 is 6.12. The van der Waals surface area contributed by atoms with Gasteiger partial charge in [0.05, 0.1) is 11.2 Å². The Labute approximate surface area is 124 Å². The van der Waals surface area contributed by atoms with Crippen molar-refractivity contribution < 1.29 is 4.74 Å². The smallest absolute Gasteiger partial charge is 0.138 e. The van der Waals surface area contributed by atoms with Crippen molar-refractivity contribution in [2.45, 2.75) is 20.4 Å². The number of nitrogens with zero attached hydrogens (tertiary/aromatic N) is 1. The summed E-state index contributed by atoms with van der Waals surface area (Å²) in [4.78, 5) is 4.53. The van der Waals surface area contributed by atoms with E-state index < -0.39 is 0 Å². The summed E-state index contributed by atoms with van der Waals surface area (Å²) in [7, 11) is 0. The molecule has 2 N–H and O–H groups in total. The summed E-state index contributed by atoms with van der Waals surface area (Å²) >= 11 is 0. The first-order valence-corrected chi connectivity index (χ1v) is 7.01. The number of benzene rings is 2. The number of aromatic nitrogens is 1. The topological polar surface area (TPSA) is 48.1 Å². The number of hydrogen-bond donors (Lipinski definition) is 1. The van der Waals surface area contributed by atoms with Crippen LogP contribution >= 0.6 is 0 Å². The largest absolute Gasteiger partial charge is 0.456 e. The molecule has 3 nitrogen and oxygen atoms in total. The Bertz CT molecular complexity index is 796. The van der Waals surface area contributed by atoms with Crippen LogP contribution in [0.1, 0.15) is 16.8 Å². The summed E-state index contributed by atoms with van der Waals surface area (Å²) in [5.74, 6) is 1.66. The fourth-order valence-electron chi connectivity index (χ4n) is 2.42. The molecule has 0 saturated heterocycles. The van der Waals surface area contributed by atoms with Gasteiger partial charge in [0.1, 0.15) is 11.5 Å². The van der Waals surface area contributed by atoms with Crippen LogP contribution in [0.3, 0.4) is 0 Å². The Morgan fingerprint density at radius 1 is 1.00 bits per heavy atom. The number of ether oxygens (including phenoxy) is 1. The predicted octanol–water partition coefficient (Wildman–Crippen LogP) is 4.10. The third-order valence-electron chi connectivity index (χ3n) is 3.49. The molecule has 0 amide bonds. The highest BCUT2D eigenvalue weighted by atomic mass is 16.5. The molecule has 0 radical (unpaired) electrons. The molecule has 0 bridgehead atoms. The lowest BCUT2D eigenvalue weighted by Gasteiger charge is -2.12. The lowest BCUT2D eigenvalue weighted by atomic mass is 10.1. The lowest BCUT2D eigenvalue weighted by molar-refractivity contribution is 0.483. The summed E-state index contributed by atoms with van der Waals surface area (Å²) in [6.45, 7) is 4.52. The van der Waals surface area contributed by atoms with E-state index in [9.17, 15) is 0 Å². The first kappa shape index (κ1) is 13.6. The quantitative estimate of drug-likeness (QED) is 0.784. The standard InChI is InChI=1S/C18H18N2O/c1-12-7-8-17(13(2)9-12)21-18-10-14(11-19)20-16-6-4-3-5-15(16)18/h3-10H,11,19H2,1-2H3. The number of pyridine rings is 1. The molecule has 2 aromatic carbocycles. The molecule has 0 unspecified atom stereocenters. The van der Waals surface area contributed by atoms with E-state index in [1.165, 1.54) is 5.56 Å². The molecule has 0 fully saturated rings. The van der Waals surface area contributed by atoms with Gasteiger partial charge in [0.15, 0.2) is 0 Å². The van der Waals surface area contributed by atoms with Crippen LogP contribution in [0.25, 0.3) is 10.9 Å². The van der Waals surface area contributed by atoms with Crippen molar-refractivity contribution in [3.05, 3.63) is 65.4 Å². The number of rotatable bonds is 3. The maximum atomic E-state index is 6.12. The van der Waals surface area contributed by atoms with Gasteiger partial charge in [-0.15, -0.1) is 0 Å². The van der Waals surface area contributed by atoms with Crippen LogP contribution in [0, 0.1) is 13.8 Å². The van der Waals surface area contributed by atoms with E-state index >= 15 is 0 Å². The second-order valence-corrected chi connectivity index (χ2v) is 5.20. The molecule has 1 aromatic heterocycles. The van der Waals surface area contributed by atoms with Gasteiger partial charge in [-0.05, 0) is 37.6 Å². The van der Waals surface area contributed by atoms with Crippen molar-refractivity contribution in [1.29, 1.82) is 0 Å². The molecular weight excluding hydrogens is 260 g/mol. The highest BCUT2D eigenvalue weighted by Crippen LogP contribution is 2.31. The van der Waals surface area contributed by atoms with Crippen molar-refractivity contribution in [3.63, 3.8) is 0 Å². The van der Waals surface area contributed by atoms with Crippen LogP contribution in [0.5, 0.6) is 11.5 Å². The van der Waals surface area contributed by atoms with E-state index in [2.05, 4.69) is 31.0 Å². The molecule has 0 atom stereocenters. The summed E-state index contributed by atoms with van der Waals surface area (Å²) in [6, 6.07) is 16.0. The minimum atomic E-state index is 0.397. The van der Waals surface area contributed by atoms with E-state index in [0.717, 1.165) is 33.7 Å². The van der Waals surface area contributed by atoms with Crippen LogP contribution in [-0.2, 0) is 6.54 Å². The third-order valence-corrected chi connectivity index (χ3v) is 3.49. The zero-order chi connectivity index (χ0) is 14.8. The molecule has 0 aliphatic heterocycles. The van der Waals surface area contributed by atoms with E-state index in [1.807, 2.05) is 36.4 Å². The molecule has 0 spiro atoms. The molecule has 0 saturated carbocycles. The predicted molar refractivity (Wildman–Crippen MR) is 85.6 cm³/mol. The van der Waals surface area contributed by atoms with Crippen LogP contribution < -0.4 is 10.5 Å². The minimum Gasteiger partial charge on any atom is -0.456 e. The molecule has 3 rings (SSSR count). The van der Waals surface area contributed by atoms with Gasteiger partial charge >= 0.3 is 0 Å². The van der Waals surface area contributed by atoms with Gasteiger partial charge in [-0.25, -0.2) is 0 Å². The van der Waals surface area contributed by atoms with Crippen molar-refractivity contribution in [2.75, 3.05) is 0 Å². The van der Waals surface area contributed by atoms with Crippen molar-refractivity contribution >= 4 is 10.9 Å². The monoisotopic (exact) mass is 278 g/mol. The zero-order valence-corrected chi connectivity index (χ0v) is 12.3. The Hall–Kier alpha value is -2.39. The Balaban J connectivity index is 2.10. The number of aryl methyl sites for hydroxylation is 2. The average Bonchev–Trinajstić information content (AvgIpc) is 2.49. The van der Waals surface area contributed by atoms with Gasteiger partial charge in [-0.2, -0.15) is 0 Å². The molecule has 0 aliphatic rings. The van der Waals surface area contributed by atoms with Crippen molar-refractivity contribution in [1.82, 2.24) is 4.98 Å². The van der Waals surface area contributed by atoms with Crippen LogP contribution in [-0.4, -0.2) is 4.98 Å². The lowest BCUT2D eigenvalue weighted by Crippen LogP contribution is -2.01. The number of hydrogen-bond acceptors (Lipinski definition) is 3. The van der Waals surface area contributed by atoms with E-state index in [0.29, 0.717) is 6.54 Å². The average molecular weight is 278 g/mol. The summed E-state index contributed by atoms with van der Waals surface area (Å²) in [5.41, 5.74) is 9.81. The Morgan fingerprint density at radius 3 is 2.57 bits per heavy atom. The van der Waals surface area contributed by atoms with Gasteiger partial charge < -0.3 is 10.5 Å². The molecule has 106 valence electrons. The highest BCUT2D eigenvalue weighted by molar-refractivity contribution is 5.85. The van der Waals surface area contributed by atoms with Gasteiger partial charge in [-0.3, -0.25) is 4.98 Å². The van der Waals surface area contributed by atoms with Crippen LogP contribution in [0.4, 0.5) is 0 Å². The molecule has 21 heavy (non-hydrogen) atoms. The fraction of sp³-hybridized carbons (Fsp3) is 0.167. The summed E-state index contributed by atoms with van der Waals surface area (Å²) in [5, 5.41) is 0.995.